The lowest BCUT2D eigenvalue weighted by atomic mass is 9.96. The Hall–Kier alpha value is -2.63. The van der Waals surface area contributed by atoms with Gasteiger partial charge in [0, 0.05) is 31.6 Å². The molecular weight excluding hydrogens is 316 g/mol. The Morgan fingerprint density at radius 2 is 2.08 bits per heavy atom. The fraction of sp³-hybridized carbons (Fsp3) is 0.421. The van der Waals surface area contributed by atoms with E-state index >= 15 is 0 Å². The average molecular weight is 338 g/mol. The van der Waals surface area contributed by atoms with Crippen LogP contribution in [0.25, 0.3) is 10.9 Å². The van der Waals surface area contributed by atoms with Crippen LogP contribution in [0.1, 0.15) is 43.8 Å². The third-order valence-corrected chi connectivity index (χ3v) is 5.05. The van der Waals surface area contributed by atoms with Crippen LogP contribution in [-0.4, -0.2) is 20.6 Å². The first-order valence-corrected chi connectivity index (χ1v) is 8.82. The van der Waals surface area contributed by atoms with E-state index in [2.05, 4.69) is 38.2 Å². The van der Waals surface area contributed by atoms with Crippen molar-refractivity contribution in [3.05, 3.63) is 48.2 Å². The number of amides is 1. The Labute approximate surface area is 146 Å². The van der Waals surface area contributed by atoms with Crippen LogP contribution in [0.4, 0.5) is 0 Å². The summed E-state index contributed by atoms with van der Waals surface area (Å²) in [5.74, 6) is 1.18. The molecule has 1 aliphatic carbocycles. The van der Waals surface area contributed by atoms with E-state index in [-0.39, 0.29) is 5.91 Å². The van der Waals surface area contributed by atoms with Gasteiger partial charge < -0.3 is 14.4 Å². The molecule has 0 saturated heterocycles. The van der Waals surface area contributed by atoms with Gasteiger partial charge in [0.25, 0.3) is 0 Å². The standard InChI is InChI=1S/C19H22N4O2/c1-14-20-18(22-25-14)19(10-4-5-11-19)21-17(24)9-13-23-12-8-15-6-2-3-7-16(15)23/h2-3,6-8,12H,4-5,9-11,13H2,1H3,(H,21,24). The Morgan fingerprint density at radius 3 is 2.84 bits per heavy atom. The highest BCUT2D eigenvalue weighted by Gasteiger charge is 2.41. The zero-order valence-electron chi connectivity index (χ0n) is 14.4. The van der Waals surface area contributed by atoms with Gasteiger partial charge >= 0.3 is 0 Å². The van der Waals surface area contributed by atoms with Gasteiger partial charge in [0.2, 0.25) is 11.8 Å². The van der Waals surface area contributed by atoms with Gasteiger partial charge in [0.1, 0.15) is 5.54 Å². The Balaban J connectivity index is 1.45. The molecule has 0 unspecified atom stereocenters. The monoisotopic (exact) mass is 338 g/mol. The van der Waals surface area contributed by atoms with E-state index in [9.17, 15) is 4.79 Å². The molecule has 1 aliphatic rings. The van der Waals surface area contributed by atoms with Crippen molar-refractivity contribution in [1.29, 1.82) is 0 Å². The molecule has 1 fully saturated rings. The quantitative estimate of drug-likeness (QED) is 0.774. The van der Waals surface area contributed by atoms with Crippen LogP contribution in [0.2, 0.25) is 0 Å². The number of para-hydroxylation sites is 1. The Kier molecular flexibility index (Phi) is 4.03. The number of fused-ring (bicyclic) bond motifs is 1. The van der Waals surface area contributed by atoms with Gasteiger partial charge in [-0.25, -0.2) is 0 Å². The molecule has 0 radical (unpaired) electrons. The topological polar surface area (TPSA) is 73.0 Å². The fourth-order valence-corrected chi connectivity index (χ4v) is 3.76. The predicted molar refractivity (Wildman–Crippen MR) is 93.9 cm³/mol. The van der Waals surface area contributed by atoms with Gasteiger partial charge in [0.05, 0.1) is 0 Å². The molecule has 2 heterocycles. The van der Waals surface area contributed by atoms with Crippen LogP contribution in [-0.2, 0) is 16.9 Å². The van der Waals surface area contributed by atoms with Gasteiger partial charge in [-0.05, 0) is 30.4 Å². The molecule has 6 nitrogen and oxygen atoms in total. The molecule has 1 amide bonds. The van der Waals surface area contributed by atoms with Crippen molar-refractivity contribution in [2.24, 2.45) is 0 Å². The highest BCUT2D eigenvalue weighted by Crippen LogP contribution is 2.37. The summed E-state index contributed by atoms with van der Waals surface area (Å²) in [5, 5.41) is 8.46. The minimum absolute atomic E-state index is 0.0298. The van der Waals surface area contributed by atoms with Crippen molar-refractivity contribution < 1.29 is 9.32 Å². The highest BCUT2D eigenvalue weighted by molar-refractivity contribution is 5.80. The fourth-order valence-electron chi connectivity index (χ4n) is 3.76. The first-order valence-electron chi connectivity index (χ1n) is 8.82. The van der Waals surface area contributed by atoms with Crippen molar-refractivity contribution >= 4 is 16.8 Å². The number of aromatic nitrogens is 3. The average Bonchev–Trinajstić information content (AvgIpc) is 3.33. The summed E-state index contributed by atoms with van der Waals surface area (Å²) in [7, 11) is 0. The van der Waals surface area contributed by atoms with Crippen LogP contribution >= 0.6 is 0 Å². The molecule has 4 rings (SSSR count). The third kappa shape index (κ3) is 3.04. The molecule has 0 bridgehead atoms. The lowest BCUT2D eigenvalue weighted by Crippen LogP contribution is -2.44. The van der Waals surface area contributed by atoms with Crippen molar-refractivity contribution in [3.8, 4) is 0 Å². The van der Waals surface area contributed by atoms with Crippen LogP contribution in [0.15, 0.2) is 41.1 Å². The number of rotatable bonds is 5. The largest absolute Gasteiger partial charge is 0.347 e. The number of hydrogen-bond acceptors (Lipinski definition) is 4. The molecule has 1 N–H and O–H groups in total. The van der Waals surface area contributed by atoms with Crippen LogP contribution in [0, 0.1) is 6.92 Å². The number of benzene rings is 1. The number of carbonyl (C=O) groups excluding carboxylic acids is 1. The summed E-state index contributed by atoms with van der Waals surface area (Å²) in [6.07, 6.45) is 6.32. The van der Waals surface area contributed by atoms with Gasteiger partial charge in [0.15, 0.2) is 5.82 Å². The number of nitrogens with one attached hydrogen (secondary N) is 1. The molecule has 3 aromatic rings. The van der Waals surface area contributed by atoms with E-state index < -0.39 is 5.54 Å². The lowest BCUT2D eigenvalue weighted by Gasteiger charge is -2.26. The molecule has 25 heavy (non-hydrogen) atoms. The van der Waals surface area contributed by atoms with E-state index in [1.807, 2.05) is 18.3 Å². The number of nitrogens with zero attached hydrogens (tertiary/aromatic N) is 3. The van der Waals surface area contributed by atoms with E-state index in [4.69, 9.17) is 4.52 Å². The predicted octanol–water partition coefficient (Wildman–Crippen LogP) is 3.31. The summed E-state index contributed by atoms with van der Waals surface area (Å²) in [5.41, 5.74) is 0.688. The molecule has 2 aromatic heterocycles. The number of carbonyl (C=O) groups is 1. The third-order valence-electron chi connectivity index (χ3n) is 5.05. The van der Waals surface area contributed by atoms with E-state index in [1.54, 1.807) is 6.92 Å². The lowest BCUT2D eigenvalue weighted by molar-refractivity contribution is -0.123. The van der Waals surface area contributed by atoms with Gasteiger partial charge in [-0.1, -0.05) is 36.2 Å². The van der Waals surface area contributed by atoms with Gasteiger partial charge in [-0.15, -0.1) is 0 Å². The smallest absolute Gasteiger partial charge is 0.223 e. The van der Waals surface area contributed by atoms with Crippen LogP contribution < -0.4 is 5.32 Å². The first-order chi connectivity index (χ1) is 12.2. The van der Waals surface area contributed by atoms with Gasteiger partial charge in [-0.3, -0.25) is 4.79 Å². The van der Waals surface area contributed by atoms with Crippen molar-refractivity contribution in [1.82, 2.24) is 20.0 Å². The minimum atomic E-state index is -0.465. The number of aryl methyl sites for hydroxylation is 2. The molecular formula is C19H22N4O2. The molecule has 0 atom stereocenters. The van der Waals surface area contributed by atoms with E-state index in [0.717, 1.165) is 31.2 Å². The van der Waals surface area contributed by atoms with Gasteiger partial charge in [-0.2, -0.15) is 4.98 Å². The summed E-state index contributed by atoms with van der Waals surface area (Å²) in [6.45, 7) is 2.43. The zero-order valence-corrected chi connectivity index (χ0v) is 14.4. The highest BCUT2D eigenvalue weighted by atomic mass is 16.5. The zero-order chi connectivity index (χ0) is 17.3. The Morgan fingerprint density at radius 1 is 1.28 bits per heavy atom. The molecule has 6 heteroatoms. The summed E-state index contributed by atoms with van der Waals surface area (Å²) in [6, 6.07) is 10.3. The summed E-state index contributed by atoms with van der Waals surface area (Å²) in [4.78, 5) is 17.0. The maximum absolute atomic E-state index is 12.6. The molecule has 0 spiro atoms. The summed E-state index contributed by atoms with van der Waals surface area (Å²) < 4.78 is 7.25. The molecule has 1 saturated carbocycles. The summed E-state index contributed by atoms with van der Waals surface area (Å²) >= 11 is 0. The second-order valence-electron chi connectivity index (χ2n) is 6.79. The SMILES string of the molecule is Cc1nc(C2(NC(=O)CCn3ccc4ccccc43)CCCC2)no1. The first kappa shape index (κ1) is 15.9. The normalized spacial score (nSPS) is 16.4. The Bertz CT molecular complexity index is 890. The molecule has 130 valence electrons. The number of hydrogen-bond donors (Lipinski definition) is 1. The van der Waals surface area contributed by atoms with Crippen LogP contribution in [0.3, 0.4) is 0 Å². The maximum Gasteiger partial charge on any atom is 0.223 e. The second kappa shape index (κ2) is 6.35. The van der Waals surface area contributed by atoms with E-state index in [0.29, 0.717) is 24.7 Å². The maximum atomic E-state index is 12.6. The van der Waals surface area contributed by atoms with Crippen LogP contribution in [0.5, 0.6) is 0 Å². The molecule has 1 aromatic carbocycles. The van der Waals surface area contributed by atoms with Crippen molar-refractivity contribution in [2.45, 2.75) is 51.1 Å². The molecule has 0 aliphatic heterocycles. The second-order valence-corrected chi connectivity index (χ2v) is 6.79. The van der Waals surface area contributed by atoms with E-state index in [1.165, 1.54) is 5.39 Å². The minimum Gasteiger partial charge on any atom is -0.347 e. The van der Waals surface area contributed by atoms with Crippen molar-refractivity contribution in [3.63, 3.8) is 0 Å². The van der Waals surface area contributed by atoms with Crippen molar-refractivity contribution in [2.75, 3.05) is 0 Å².